The van der Waals surface area contributed by atoms with E-state index < -0.39 is 5.92 Å². The molecule has 2 nitrogen and oxygen atoms in total. The summed E-state index contributed by atoms with van der Waals surface area (Å²) in [5.41, 5.74) is 1.19. The second-order valence-corrected chi connectivity index (χ2v) is 5.25. The molecule has 0 aromatic carbocycles. The van der Waals surface area contributed by atoms with Gasteiger partial charge < -0.3 is 9.88 Å². The fourth-order valence-electron chi connectivity index (χ4n) is 2.75. The molecule has 1 fully saturated rings. The van der Waals surface area contributed by atoms with Crippen LogP contribution < -0.4 is 5.32 Å². The first-order valence-electron chi connectivity index (χ1n) is 6.83. The van der Waals surface area contributed by atoms with Gasteiger partial charge in [0, 0.05) is 37.8 Å². The molecule has 1 unspecified atom stereocenters. The van der Waals surface area contributed by atoms with E-state index in [1.807, 2.05) is 12.3 Å². The minimum absolute atomic E-state index is 0.0474. The topological polar surface area (TPSA) is 17.0 Å². The van der Waals surface area contributed by atoms with Crippen LogP contribution in [0.4, 0.5) is 8.78 Å². The predicted octanol–water partition coefficient (Wildman–Crippen LogP) is 3.42. The summed E-state index contributed by atoms with van der Waals surface area (Å²) in [6, 6.07) is 4.05. The van der Waals surface area contributed by atoms with Crippen LogP contribution in [0, 0.1) is 5.92 Å². The van der Waals surface area contributed by atoms with E-state index >= 15 is 0 Å². The maximum atomic E-state index is 13.4. The van der Waals surface area contributed by atoms with Gasteiger partial charge >= 0.3 is 0 Å². The average Bonchev–Trinajstić information content (AvgIpc) is 2.72. The van der Waals surface area contributed by atoms with Gasteiger partial charge in [0.2, 0.25) is 5.92 Å². The molecule has 18 heavy (non-hydrogen) atoms. The summed E-state index contributed by atoms with van der Waals surface area (Å²) in [4.78, 5) is 0. The lowest BCUT2D eigenvalue weighted by molar-refractivity contribution is -0.0548. The van der Waals surface area contributed by atoms with E-state index in [4.69, 9.17) is 0 Å². The first-order chi connectivity index (χ1) is 8.61. The molecule has 0 saturated heterocycles. The molecule has 102 valence electrons. The highest BCUT2D eigenvalue weighted by molar-refractivity contribution is 5.07. The van der Waals surface area contributed by atoms with Crippen molar-refractivity contribution < 1.29 is 8.78 Å². The van der Waals surface area contributed by atoms with Crippen molar-refractivity contribution >= 4 is 0 Å². The highest BCUT2D eigenvalue weighted by Gasteiger charge is 2.36. The molecule has 1 atom stereocenters. The zero-order valence-corrected chi connectivity index (χ0v) is 11.0. The maximum Gasteiger partial charge on any atom is 0.248 e. The summed E-state index contributed by atoms with van der Waals surface area (Å²) in [6.45, 7) is 4.53. The average molecular weight is 256 g/mol. The van der Waals surface area contributed by atoms with Crippen LogP contribution in [0.25, 0.3) is 0 Å². The number of alkyl halides is 2. The Morgan fingerprint density at radius 2 is 2.33 bits per heavy atom. The summed E-state index contributed by atoms with van der Waals surface area (Å²) in [5, 5.41) is 3.28. The van der Waals surface area contributed by atoms with Crippen LogP contribution in [0.2, 0.25) is 0 Å². The second-order valence-electron chi connectivity index (χ2n) is 5.25. The van der Waals surface area contributed by atoms with E-state index in [0.29, 0.717) is 6.42 Å². The summed E-state index contributed by atoms with van der Waals surface area (Å²) < 4.78 is 28.8. The molecule has 1 heterocycles. The summed E-state index contributed by atoms with van der Waals surface area (Å²) in [6.07, 6.45) is 3.70. The third-order valence-electron chi connectivity index (χ3n) is 3.68. The normalized spacial score (nSPS) is 23.2. The molecule has 0 amide bonds. The van der Waals surface area contributed by atoms with Gasteiger partial charge in [-0.3, -0.25) is 0 Å². The van der Waals surface area contributed by atoms with Crippen molar-refractivity contribution in [2.45, 2.75) is 51.6 Å². The van der Waals surface area contributed by atoms with E-state index in [1.165, 1.54) is 5.69 Å². The molecule has 1 aliphatic carbocycles. The minimum Gasteiger partial charge on any atom is -0.350 e. The Morgan fingerprint density at radius 3 is 3.06 bits per heavy atom. The number of hydrogen-bond donors (Lipinski definition) is 1. The Hall–Kier alpha value is -0.900. The molecule has 1 aliphatic rings. The van der Waals surface area contributed by atoms with Crippen molar-refractivity contribution in [3.63, 3.8) is 0 Å². The van der Waals surface area contributed by atoms with Gasteiger partial charge in [0.15, 0.2) is 0 Å². The first kappa shape index (κ1) is 13.5. The minimum atomic E-state index is -2.45. The lowest BCUT2D eigenvalue weighted by Crippen LogP contribution is -2.29. The highest BCUT2D eigenvalue weighted by atomic mass is 19.3. The molecule has 4 heteroatoms. The van der Waals surface area contributed by atoms with Gasteiger partial charge in [-0.1, -0.05) is 6.92 Å². The SMILES string of the molecule is CCNCc1cccn1CC1CCCC(F)(F)C1. The van der Waals surface area contributed by atoms with Gasteiger partial charge in [-0.05, 0) is 37.4 Å². The molecule has 0 aliphatic heterocycles. The Bertz CT molecular complexity index is 374. The third-order valence-corrected chi connectivity index (χ3v) is 3.68. The lowest BCUT2D eigenvalue weighted by atomic mass is 9.86. The van der Waals surface area contributed by atoms with Crippen LogP contribution in [0.1, 0.15) is 38.3 Å². The van der Waals surface area contributed by atoms with E-state index in [-0.39, 0.29) is 18.8 Å². The van der Waals surface area contributed by atoms with Crippen LogP contribution in [-0.2, 0) is 13.1 Å². The van der Waals surface area contributed by atoms with Gasteiger partial charge in [-0.25, -0.2) is 8.78 Å². The molecule has 0 radical (unpaired) electrons. The number of halogens is 2. The van der Waals surface area contributed by atoms with Gasteiger partial charge in [-0.15, -0.1) is 0 Å². The Labute approximate surface area is 107 Å². The van der Waals surface area contributed by atoms with Crippen molar-refractivity contribution in [3.8, 4) is 0 Å². The zero-order chi connectivity index (χ0) is 13.0. The van der Waals surface area contributed by atoms with Crippen LogP contribution >= 0.6 is 0 Å². The summed E-state index contributed by atoms with van der Waals surface area (Å²) >= 11 is 0. The van der Waals surface area contributed by atoms with E-state index in [2.05, 4.69) is 22.9 Å². The Kier molecular flexibility index (Phi) is 4.38. The number of nitrogens with one attached hydrogen (secondary N) is 1. The molecule has 1 saturated carbocycles. The molecule has 0 spiro atoms. The molecule has 1 aromatic heterocycles. The van der Waals surface area contributed by atoms with Gasteiger partial charge in [-0.2, -0.15) is 0 Å². The van der Waals surface area contributed by atoms with Gasteiger partial charge in [0.1, 0.15) is 0 Å². The summed E-state index contributed by atoms with van der Waals surface area (Å²) in [7, 11) is 0. The fraction of sp³-hybridized carbons (Fsp3) is 0.714. The molecule has 0 bridgehead atoms. The largest absolute Gasteiger partial charge is 0.350 e. The maximum absolute atomic E-state index is 13.4. The van der Waals surface area contributed by atoms with E-state index in [0.717, 1.165) is 26.1 Å². The van der Waals surface area contributed by atoms with Crippen LogP contribution in [0.15, 0.2) is 18.3 Å². The highest BCUT2D eigenvalue weighted by Crippen LogP contribution is 2.37. The van der Waals surface area contributed by atoms with Crippen LogP contribution in [0.3, 0.4) is 0 Å². The van der Waals surface area contributed by atoms with Gasteiger partial charge in [0.25, 0.3) is 0 Å². The summed E-state index contributed by atoms with van der Waals surface area (Å²) in [5.74, 6) is -2.33. The van der Waals surface area contributed by atoms with Crippen molar-refractivity contribution in [2.75, 3.05) is 6.54 Å². The zero-order valence-electron chi connectivity index (χ0n) is 11.0. The first-order valence-corrected chi connectivity index (χ1v) is 6.83. The van der Waals surface area contributed by atoms with Crippen LogP contribution in [0.5, 0.6) is 0 Å². The van der Waals surface area contributed by atoms with Crippen molar-refractivity contribution in [1.29, 1.82) is 0 Å². The Morgan fingerprint density at radius 1 is 1.50 bits per heavy atom. The van der Waals surface area contributed by atoms with Crippen LogP contribution in [-0.4, -0.2) is 17.0 Å². The van der Waals surface area contributed by atoms with Crippen molar-refractivity contribution in [1.82, 2.24) is 9.88 Å². The molecular formula is C14H22F2N2. The quantitative estimate of drug-likeness (QED) is 0.854. The standard InChI is InChI=1S/C14H22F2N2/c1-2-17-10-13-6-4-8-18(13)11-12-5-3-7-14(15,16)9-12/h4,6,8,12,17H,2-3,5,7,9-11H2,1H3. The number of aromatic nitrogens is 1. The number of hydrogen-bond acceptors (Lipinski definition) is 1. The monoisotopic (exact) mass is 256 g/mol. The van der Waals surface area contributed by atoms with Crippen molar-refractivity contribution in [2.24, 2.45) is 5.92 Å². The Balaban J connectivity index is 1.94. The van der Waals surface area contributed by atoms with E-state index in [1.54, 1.807) is 0 Å². The van der Waals surface area contributed by atoms with Gasteiger partial charge in [0.05, 0.1) is 0 Å². The molecule has 2 rings (SSSR count). The molecular weight excluding hydrogens is 234 g/mol. The number of nitrogens with zero attached hydrogens (tertiary/aromatic N) is 1. The second kappa shape index (κ2) is 5.83. The fourth-order valence-corrected chi connectivity index (χ4v) is 2.75. The predicted molar refractivity (Wildman–Crippen MR) is 68.7 cm³/mol. The number of rotatable bonds is 5. The molecule has 1 aromatic rings. The van der Waals surface area contributed by atoms with Crippen molar-refractivity contribution in [3.05, 3.63) is 24.0 Å². The molecule has 1 N–H and O–H groups in total. The lowest BCUT2D eigenvalue weighted by Gasteiger charge is -2.29. The third kappa shape index (κ3) is 3.55. The van der Waals surface area contributed by atoms with E-state index in [9.17, 15) is 8.78 Å². The smallest absolute Gasteiger partial charge is 0.248 e.